The number of primary amides is 1. The molecule has 8 heteroatoms. The Morgan fingerprint density at radius 1 is 0.872 bits per heavy atom. The largest absolute Gasteiger partial charge is 0.445 e. The van der Waals surface area contributed by atoms with Gasteiger partial charge in [0.25, 0.3) is 0 Å². The lowest BCUT2D eigenvalue weighted by atomic mass is 9.86. The second-order valence-electron chi connectivity index (χ2n) is 10.7. The highest BCUT2D eigenvalue weighted by Gasteiger charge is 2.24. The van der Waals surface area contributed by atoms with Crippen molar-refractivity contribution in [3.8, 4) is 0 Å². The van der Waals surface area contributed by atoms with Crippen molar-refractivity contribution in [2.75, 3.05) is 6.54 Å². The fourth-order valence-electron chi connectivity index (χ4n) is 4.45. The Kier molecular flexibility index (Phi) is 13.2. The van der Waals surface area contributed by atoms with Crippen LogP contribution in [0.4, 0.5) is 9.59 Å². The van der Waals surface area contributed by atoms with E-state index in [0.29, 0.717) is 38.1 Å². The van der Waals surface area contributed by atoms with Crippen LogP contribution in [0.5, 0.6) is 0 Å². The molecule has 2 unspecified atom stereocenters. The van der Waals surface area contributed by atoms with E-state index in [2.05, 4.69) is 24.5 Å². The number of Topliss-reactive ketones (excluding diaryl/α,β-unsaturated/α-hetero) is 2. The number of carbonyl (C=O) groups is 4. The number of alkyl carbamates (subject to hydrolysis) is 1. The van der Waals surface area contributed by atoms with E-state index in [0.717, 1.165) is 23.1 Å². The number of urea groups is 1. The smallest absolute Gasteiger partial charge is 0.408 e. The lowest BCUT2D eigenvalue weighted by Gasteiger charge is -2.19. The van der Waals surface area contributed by atoms with Gasteiger partial charge in [0.1, 0.15) is 12.4 Å². The maximum absolute atomic E-state index is 13.0. The Morgan fingerprint density at radius 3 is 2.10 bits per heavy atom. The average Bonchev–Trinajstić information content (AvgIpc) is 2.89. The van der Waals surface area contributed by atoms with Crippen molar-refractivity contribution in [1.29, 1.82) is 0 Å². The number of hydrogen-bond donors (Lipinski definition) is 3. The predicted octanol–water partition coefficient (Wildman–Crippen LogP) is 4.97. The number of hydrogen-bond acceptors (Lipinski definition) is 5. The van der Waals surface area contributed by atoms with E-state index >= 15 is 0 Å². The first-order valence-electron chi connectivity index (χ1n) is 13.7. The average molecular weight is 538 g/mol. The van der Waals surface area contributed by atoms with Crippen LogP contribution >= 0.6 is 0 Å². The molecule has 0 aliphatic carbocycles. The third-order valence-corrected chi connectivity index (χ3v) is 6.50. The monoisotopic (exact) mass is 537 g/mol. The normalized spacial score (nSPS) is 12.6. The molecule has 0 saturated carbocycles. The number of carbonyl (C=O) groups excluding carboxylic acids is 4. The highest BCUT2D eigenvalue weighted by Crippen LogP contribution is 2.21. The van der Waals surface area contributed by atoms with Gasteiger partial charge in [0.15, 0.2) is 5.78 Å². The molecule has 212 valence electrons. The first-order chi connectivity index (χ1) is 18.5. The molecule has 2 rings (SSSR count). The zero-order valence-electron chi connectivity index (χ0n) is 23.6. The fraction of sp³-hybridized carbons (Fsp3) is 0.484. The van der Waals surface area contributed by atoms with Gasteiger partial charge in [-0.15, -0.1) is 0 Å². The Bertz CT molecular complexity index is 1070. The summed E-state index contributed by atoms with van der Waals surface area (Å²) in [6, 6.07) is 15.7. The summed E-state index contributed by atoms with van der Waals surface area (Å²) in [4.78, 5) is 49.0. The van der Waals surface area contributed by atoms with E-state index in [9.17, 15) is 19.2 Å². The van der Waals surface area contributed by atoms with Crippen LogP contribution < -0.4 is 16.4 Å². The minimum atomic E-state index is -0.668. The quantitative estimate of drug-likeness (QED) is 0.261. The van der Waals surface area contributed by atoms with E-state index in [-0.39, 0.29) is 30.0 Å². The van der Waals surface area contributed by atoms with Crippen molar-refractivity contribution < 1.29 is 23.9 Å². The third kappa shape index (κ3) is 12.1. The van der Waals surface area contributed by atoms with Gasteiger partial charge in [0, 0.05) is 24.8 Å². The van der Waals surface area contributed by atoms with Crippen LogP contribution in [0.3, 0.4) is 0 Å². The molecular formula is C31H43N3O5. The number of rotatable bonds is 16. The van der Waals surface area contributed by atoms with Crippen LogP contribution in [0.25, 0.3) is 0 Å². The minimum absolute atomic E-state index is 0.0512. The maximum Gasteiger partial charge on any atom is 0.408 e. The van der Waals surface area contributed by atoms with Gasteiger partial charge in [-0.25, -0.2) is 9.59 Å². The summed E-state index contributed by atoms with van der Waals surface area (Å²) < 4.78 is 5.39. The summed E-state index contributed by atoms with van der Waals surface area (Å²) in [5.74, 6) is 0.206. The molecule has 0 spiro atoms. The second kappa shape index (κ2) is 16.3. The van der Waals surface area contributed by atoms with Crippen molar-refractivity contribution in [3.63, 3.8) is 0 Å². The minimum Gasteiger partial charge on any atom is -0.445 e. The summed E-state index contributed by atoms with van der Waals surface area (Å²) in [7, 11) is 0. The van der Waals surface area contributed by atoms with Crippen molar-refractivity contribution in [2.24, 2.45) is 23.5 Å². The molecule has 0 heterocycles. The number of nitrogens with two attached hydrogens (primary N) is 1. The van der Waals surface area contributed by atoms with E-state index in [1.165, 1.54) is 0 Å². The summed E-state index contributed by atoms with van der Waals surface area (Å²) in [6.07, 6.45) is 2.26. The molecule has 2 aromatic rings. The van der Waals surface area contributed by atoms with Crippen molar-refractivity contribution in [3.05, 3.63) is 71.3 Å². The van der Waals surface area contributed by atoms with E-state index < -0.39 is 18.2 Å². The topological polar surface area (TPSA) is 128 Å². The van der Waals surface area contributed by atoms with Crippen LogP contribution in [-0.4, -0.2) is 36.3 Å². The summed E-state index contributed by atoms with van der Waals surface area (Å²) in [6.45, 7) is 8.32. The molecule has 3 amide bonds. The lowest BCUT2D eigenvalue weighted by Crippen LogP contribution is -2.44. The van der Waals surface area contributed by atoms with Gasteiger partial charge in [-0.05, 0) is 48.3 Å². The summed E-state index contributed by atoms with van der Waals surface area (Å²) in [5, 5.41) is 5.29. The maximum atomic E-state index is 13.0. The van der Waals surface area contributed by atoms with Gasteiger partial charge in [-0.1, -0.05) is 82.3 Å². The number of amides is 3. The first kappa shape index (κ1) is 31.5. The van der Waals surface area contributed by atoms with Gasteiger partial charge >= 0.3 is 12.1 Å². The Balaban J connectivity index is 1.89. The van der Waals surface area contributed by atoms with Gasteiger partial charge < -0.3 is 21.1 Å². The van der Waals surface area contributed by atoms with Gasteiger partial charge in [0.05, 0.1) is 6.04 Å². The van der Waals surface area contributed by atoms with Crippen molar-refractivity contribution in [1.82, 2.24) is 10.6 Å². The third-order valence-electron chi connectivity index (χ3n) is 6.50. The zero-order chi connectivity index (χ0) is 28.8. The molecule has 2 aromatic carbocycles. The SMILES string of the molecule is CC(C)CC(CCCNC(N)=O)C(=O)Cc1ccc(COC(=O)NC(Cc2ccccc2)C(=O)C(C)C)cc1. The van der Waals surface area contributed by atoms with E-state index in [4.69, 9.17) is 10.5 Å². The molecule has 0 aromatic heterocycles. The summed E-state index contributed by atoms with van der Waals surface area (Å²) >= 11 is 0. The molecule has 0 saturated heterocycles. The Hall–Kier alpha value is -3.68. The molecular weight excluding hydrogens is 494 g/mol. The summed E-state index contributed by atoms with van der Waals surface area (Å²) in [5.41, 5.74) is 7.75. The molecule has 39 heavy (non-hydrogen) atoms. The fourth-order valence-corrected chi connectivity index (χ4v) is 4.45. The Labute approximate surface area is 232 Å². The van der Waals surface area contributed by atoms with Crippen LogP contribution in [0.15, 0.2) is 54.6 Å². The highest BCUT2D eigenvalue weighted by molar-refractivity contribution is 5.89. The Morgan fingerprint density at radius 2 is 1.51 bits per heavy atom. The lowest BCUT2D eigenvalue weighted by molar-refractivity contribution is -0.124. The van der Waals surface area contributed by atoms with Gasteiger partial charge in [-0.3, -0.25) is 9.59 Å². The molecule has 8 nitrogen and oxygen atoms in total. The van der Waals surface area contributed by atoms with Crippen molar-refractivity contribution >= 4 is 23.7 Å². The number of benzene rings is 2. The molecule has 0 radical (unpaired) electrons. The van der Waals surface area contributed by atoms with Gasteiger partial charge in [0.2, 0.25) is 0 Å². The van der Waals surface area contributed by atoms with Crippen molar-refractivity contribution in [2.45, 2.75) is 72.4 Å². The zero-order valence-corrected chi connectivity index (χ0v) is 23.6. The number of ketones is 2. The number of ether oxygens (including phenoxy) is 1. The molecule has 0 bridgehead atoms. The molecule has 2 atom stereocenters. The highest BCUT2D eigenvalue weighted by atomic mass is 16.5. The second-order valence-corrected chi connectivity index (χ2v) is 10.7. The van der Waals surface area contributed by atoms with Crippen LogP contribution in [-0.2, 0) is 33.8 Å². The predicted molar refractivity (Wildman–Crippen MR) is 152 cm³/mol. The first-order valence-corrected chi connectivity index (χ1v) is 13.7. The molecule has 0 fully saturated rings. The van der Waals surface area contributed by atoms with Gasteiger partial charge in [-0.2, -0.15) is 0 Å². The van der Waals surface area contributed by atoms with Crippen LogP contribution in [0.1, 0.15) is 63.6 Å². The molecule has 4 N–H and O–H groups in total. The van der Waals surface area contributed by atoms with E-state index in [1.54, 1.807) is 0 Å². The van der Waals surface area contributed by atoms with Crippen LogP contribution in [0, 0.1) is 17.8 Å². The van der Waals surface area contributed by atoms with E-state index in [1.807, 2.05) is 68.4 Å². The number of nitrogens with one attached hydrogen (secondary N) is 2. The van der Waals surface area contributed by atoms with Crippen LogP contribution in [0.2, 0.25) is 0 Å². The standard InChI is InChI=1S/C31H43N3O5/c1-21(2)17-26(11-8-16-33-30(32)37)28(35)19-24-12-14-25(15-13-24)20-39-31(38)34-27(29(36)22(3)4)18-23-9-6-5-7-10-23/h5-7,9-10,12-15,21-22,26-27H,8,11,16-20H2,1-4H3,(H,34,38)(H3,32,33,37). The molecule has 0 aliphatic heterocycles. The molecule has 0 aliphatic rings.